The number of hydrogen-bond acceptors (Lipinski definition) is 7. The first-order valence-electron chi connectivity index (χ1n) is 13.7. The summed E-state index contributed by atoms with van der Waals surface area (Å²) in [5.41, 5.74) is 1.38. The second kappa shape index (κ2) is 9.67. The quantitative estimate of drug-likeness (QED) is 0.344. The van der Waals surface area contributed by atoms with E-state index in [1.54, 1.807) is 18.2 Å². The number of ether oxygens (including phenoxy) is 1. The highest BCUT2D eigenvalue weighted by Crippen LogP contribution is 2.38. The Hall–Kier alpha value is -3.49. The molecule has 3 N–H and O–H groups in total. The predicted molar refractivity (Wildman–Crippen MR) is 148 cm³/mol. The van der Waals surface area contributed by atoms with Gasteiger partial charge in [0.05, 0.1) is 0 Å². The van der Waals surface area contributed by atoms with Gasteiger partial charge in [-0.1, -0.05) is 30.3 Å². The topological polar surface area (TPSA) is 82.5 Å². The van der Waals surface area contributed by atoms with Gasteiger partial charge in [0.15, 0.2) is 5.82 Å². The van der Waals surface area contributed by atoms with E-state index in [9.17, 15) is 5.11 Å². The maximum atomic E-state index is 16.5. The smallest absolute Gasteiger partial charge is 0.225 e. The number of aromatic nitrogens is 2. The molecule has 0 saturated carbocycles. The van der Waals surface area contributed by atoms with E-state index in [-0.39, 0.29) is 5.75 Å². The molecule has 2 atom stereocenters. The van der Waals surface area contributed by atoms with Crippen molar-refractivity contribution in [2.75, 3.05) is 43.1 Å². The maximum Gasteiger partial charge on any atom is 0.225 e. The van der Waals surface area contributed by atoms with Crippen molar-refractivity contribution in [3.63, 3.8) is 0 Å². The zero-order valence-corrected chi connectivity index (χ0v) is 21.3. The zero-order valence-electron chi connectivity index (χ0n) is 21.3. The Morgan fingerprint density at radius 3 is 2.55 bits per heavy atom. The third-order valence-corrected chi connectivity index (χ3v) is 8.33. The van der Waals surface area contributed by atoms with Gasteiger partial charge in [0.1, 0.15) is 17.1 Å². The molecule has 3 aliphatic heterocycles. The van der Waals surface area contributed by atoms with Crippen LogP contribution in [0.4, 0.5) is 16.2 Å². The molecular formula is C30H32FN5O2. The summed E-state index contributed by atoms with van der Waals surface area (Å²) in [4.78, 5) is 12.0. The molecule has 3 saturated heterocycles. The van der Waals surface area contributed by atoms with Crippen LogP contribution >= 0.6 is 0 Å². The minimum atomic E-state index is -0.394. The summed E-state index contributed by atoms with van der Waals surface area (Å²) in [5.74, 6) is 1.44. The van der Waals surface area contributed by atoms with Gasteiger partial charge >= 0.3 is 0 Å². The Bertz CT molecular complexity index is 1490. The number of anilines is 2. The van der Waals surface area contributed by atoms with Crippen LogP contribution in [0, 0.1) is 11.7 Å². The second-order valence-corrected chi connectivity index (χ2v) is 10.9. The van der Waals surface area contributed by atoms with Gasteiger partial charge < -0.3 is 25.4 Å². The molecule has 0 radical (unpaired) electrons. The molecule has 1 aromatic heterocycles. The largest absolute Gasteiger partial charge is 0.508 e. The van der Waals surface area contributed by atoms with Crippen molar-refractivity contribution < 1.29 is 14.2 Å². The Balaban J connectivity index is 1.34. The van der Waals surface area contributed by atoms with E-state index in [1.807, 2.05) is 30.3 Å². The number of nitrogens with zero attached hydrogens (tertiary/aromatic N) is 3. The van der Waals surface area contributed by atoms with Gasteiger partial charge in [0.25, 0.3) is 0 Å². The molecule has 3 aromatic carbocycles. The Kier molecular flexibility index (Phi) is 6.01. The molecule has 7 nitrogen and oxygen atoms in total. The molecule has 3 fully saturated rings. The first-order chi connectivity index (χ1) is 18.6. The molecular weight excluding hydrogens is 481 g/mol. The van der Waals surface area contributed by atoms with Crippen molar-refractivity contribution in [3.8, 4) is 16.9 Å². The molecule has 196 valence electrons. The van der Waals surface area contributed by atoms with Crippen molar-refractivity contribution in [2.45, 2.75) is 37.8 Å². The summed E-state index contributed by atoms with van der Waals surface area (Å²) in [6, 6.07) is 15.7. The maximum absolute atomic E-state index is 16.5. The van der Waals surface area contributed by atoms with Crippen molar-refractivity contribution >= 4 is 33.4 Å². The predicted octanol–water partition coefficient (Wildman–Crippen LogP) is 5.07. The number of fused-ring (bicyclic) bond motifs is 4. The molecule has 7 rings (SSSR count). The standard InChI is InChI=1S/C30H32FN5O2/c31-27-24(26-14-22(37)13-19-3-1-2-4-23(19)26)7-8-25-28(27)34-30(32-15-18-9-11-38-12-10-18)35-29(25)36-16-20-5-6-21(17-36)33-20/h1-4,7-8,13-14,18,20-21,33,37H,5-6,9-12,15-17H2,(H,32,34,35)/t20-,21+. The monoisotopic (exact) mass is 513 g/mol. The average molecular weight is 514 g/mol. The first-order valence-corrected chi connectivity index (χ1v) is 13.7. The summed E-state index contributed by atoms with van der Waals surface area (Å²) in [7, 11) is 0. The van der Waals surface area contributed by atoms with Crippen molar-refractivity contribution in [2.24, 2.45) is 5.92 Å². The van der Waals surface area contributed by atoms with Gasteiger partial charge in [-0.3, -0.25) is 0 Å². The Labute approximate surface area is 221 Å². The highest BCUT2D eigenvalue weighted by atomic mass is 19.1. The average Bonchev–Trinajstić information content (AvgIpc) is 3.29. The number of halogens is 1. The molecule has 3 aliphatic rings. The van der Waals surface area contributed by atoms with Crippen LogP contribution in [0.25, 0.3) is 32.8 Å². The summed E-state index contributed by atoms with van der Waals surface area (Å²) in [5, 5.41) is 20.0. The number of phenols is 1. The SMILES string of the molecule is Oc1cc(-c2ccc3c(N4C[C@H]5CC[C@@H](C4)N5)nc(NCC4CCOCC4)nc3c2F)c2ccccc2c1. The van der Waals surface area contributed by atoms with Crippen LogP contribution in [0.15, 0.2) is 48.5 Å². The van der Waals surface area contributed by atoms with Crippen LogP contribution in [-0.4, -0.2) is 60.0 Å². The van der Waals surface area contributed by atoms with Crippen LogP contribution in [0.5, 0.6) is 5.75 Å². The zero-order chi connectivity index (χ0) is 25.6. The fraction of sp³-hybridized carbons (Fsp3) is 0.400. The summed E-state index contributed by atoms with van der Waals surface area (Å²) >= 11 is 0. The third kappa shape index (κ3) is 4.31. The van der Waals surface area contributed by atoms with Gasteiger partial charge in [0.2, 0.25) is 5.95 Å². The number of phenolic OH excluding ortho intramolecular Hbond substituents is 1. The van der Waals surface area contributed by atoms with E-state index in [2.05, 4.69) is 15.5 Å². The van der Waals surface area contributed by atoms with Crippen LogP contribution in [0.1, 0.15) is 25.7 Å². The lowest BCUT2D eigenvalue weighted by atomic mass is 9.96. The molecule has 38 heavy (non-hydrogen) atoms. The summed E-state index contributed by atoms with van der Waals surface area (Å²) in [6.07, 6.45) is 4.31. The molecule has 8 heteroatoms. The van der Waals surface area contributed by atoms with Crippen molar-refractivity contribution in [3.05, 3.63) is 54.3 Å². The lowest BCUT2D eigenvalue weighted by molar-refractivity contribution is 0.0699. The van der Waals surface area contributed by atoms with E-state index in [4.69, 9.17) is 14.7 Å². The van der Waals surface area contributed by atoms with E-state index in [0.717, 1.165) is 75.1 Å². The molecule has 2 bridgehead atoms. The molecule has 0 aliphatic carbocycles. The number of piperazine rings is 1. The van der Waals surface area contributed by atoms with Crippen LogP contribution in [0.2, 0.25) is 0 Å². The highest BCUT2D eigenvalue weighted by molar-refractivity contribution is 6.01. The van der Waals surface area contributed by atoms with E-state index in [0.29, 0.717) is 46.0 Å². The van der Waals surface area contributed by atoms with E-state index in [1.165, 1.54) is 0 Å². The Morgan fingerprint density at radius 1 is 0.947 bits per heavy atom. The summed E-state index contributed by atoms with van der Waals surface area (Å²) < 4.78 is 22.0. The number of aromatic hydroxyl groups is 1. The van der Waals surface area contributed by atoms with Crippen LogP contribution in [-0.2, 0) is 4.74 Å². The van der Waals surface area contributed by atoms with Crippen LogP contribution < -0.4 is 15.5 Å². The lowest BCUT2D eigenvalue weighted by Gasteiger charge is -2.34. The van der Waals surface area contributed by atoms with E-state index >= 15 is 4.39 Å². The molecule has 0 unspecified atom stereocenters. The second-order valence-electron chi connectivity index (χ2n) is 10.9. The summed E-state index contributed by atoms with van der Waals surface area (Å²) in [6.45, 7) is 3.98. The van der Waals surface area contributed by atoms with Gasteiger partial charge in [-0.25, -0.2) is 9.37 Å². The highest BCUT2D eigenvalue weighted by Gasteiger charge is 2.34. The minimum Gasteiger partial charge on any atom is -0.508 e. The van der Waals surface area contributed by atoms with E-state index < -0.39 is 5.82 Å². The third-order valence-electron chi connectivity index (χ3n) is 8.33. The van der Waals surface area contributed by atoms with Crippen LogP contribution in [0.3, 0.4) is 0 Å². The van der Waals surface area contributed by atoms with Crippen molar-refractivity contribution in [1.82, 2.24) is 15.3 Å². The molecule has 4 aromatic rings. The molecule has 4 heterocycles. The van der Waals surface area contributed by atoms with Gasteiger partial charge in [-0.15, -0.1) is 0 Å². The fourth-order valence-corrected chi connectivity index (χ4v) is 6.35. The minimum absolute atomic E-state index is 0.108. The molecule has 0 amide bonds. The van der Waals surface area contributed by atoms with Crippen molar-refractivity contribution in [1.29, 1.82) is 0 Å². The fourth-order valence-electron chi connectivity index (χ4n) is 6.35. The number of rotatable bonds is 5. The normalized spacial score (nSPS) is 21.9. The van der Waals surface area contributed by atoms with Gasteiger partial charge in [-0.05, 0) is 66.1 Å². The van der Waals surface area contributed by atoms with Gasteiger partial charge in [0, 0.05) is 55.9 Å². The van der Waals surface area contributed by atoms with Gasteiger partial charge in [-0.2, -0.15) is 4.98 Å². The number of nitrogens with one attached hydrogen (secondary N) is 2. The first kappa shape index (κ1) is 23.6. The number of hydrogen-bond donors (Lipinski definition) is 3. The Morgan fingerprint density at radius 2 is 1.74 bits per heavy atom. The number of benzene rings is 3. The lowest BCUT2D eigenvalue weighted by Crippen LogP contribution is -2.51. The molecule has 0 spiro atoms.